The largest absolute Gasteiger partial charge is 0.361 e. The lowest BCUT2D eigenvalue weighted by molar-refractivity contribution is 0.0898. The smallest absolute Gasteiger partial charge is 0.144 e. The highest BCUT2D eigenvalue weighted by atomic mass is 28.3. The average molecular weight is 459 g/mol. The van der Waals surface area contributed by atoms with Crippen molar-refractivity contribution in [1.82, 2.24) is 24.3 Å². The first kappa shape index (κ1) is 22.9. The molecule has 0 aromatic carbocycles. The fourth-order valence-corrected chi connectivity index (χ4v) is 4.58. The number of aryl methyl sites for hydroxylation is 2. The minimum Gasteiger partial charge on any atom is -0.361 e. The zero-order chi connectivity index (χ0) is 23.6. The summed E-state index contributed by atoms with van der Waals surface area (Å²) in [6.45, 7) is 10.1. The lowest BCUT2D eigenvalue weighted by atomic mass is 10.00. The minimum absolute atomic E-state index is 0.369. The van der Waals surface area contributed by atoms with Crippen LogP contribution in [-0.2, 0) is 24.9 Å². The molecule has 4 aromatic heterocycles. The first-order valence-corrected chi connectivity index (χ1v) is 14.9. The Bertz CT molecular complexity index is 1330. The molecule has 0 unspecified atom stereocenters. The van der Waals surface area contributed by atoms with Crippen molar-refractivity contribution in [1.29, 1.82) is 5.26 Å². The summed E-state index contributed by atoms with van der Waals surface area (Å²) in [4.78, 5) is 9.34. The maximum absolute atomic E-state index is 9.91. The summed E-state index contributed by atoms with van der Waals surface area (Å²) in [5, 5.41) is 15.3. The predicted octanol–water partition coefficient (Wildman–Crippen LogP) is 4.92. The molecule has 4 aromatic rings. The monoisotopic (exact) mass is 458 g/mol. The molecule has 0 atom stereocenters. The maximum Gasteiger partial charge on any atom is 0.144 e. The van der Waals surface area contributed by atoms with Gasteiger partial charge in [-0.1, -0.05) is 19.6 Å². The second kappa shape index (κ2) is 9.30. The highest BCUT2D eigenvalue weighted by Gasteiger charge is 2.19. The van der Waals surface area contributed by atoms with E-state index in [1.54, 1.807) is 4.68 Å². The molecule has 170 valence electrons. The van der Waals surface area contributed by atoms with Gasteiger partial charge < -0.3 is 9.30 Å². The molecule has 0 spiro atoms. The van der Waals surface area contributed by atoms with Crippen LogP contribution >= 0.6 is 0 Å². The molecule has 0 fully saturated rings. The van der Waals surface area contributed by atoms with Crippen LogP contribution in [0, 0.1) is 18.3 Å². The van der Waals surface area contributed by atoms with Gasteiger partial charge in [0, 0.05) is 69.6 Å². The average Bonchev–Trinajstić information content (AvgIpc) is 3.33. The van der Waals surface area contributed by atoms with E-state index in [1.807, 2.05) is 49.4 Å². The van der Waals surface area contributed by atoms with Crippen LogP contribution in [-0.4, -0.2) is 39.0 Å². The summed E-state index contributed by atoms with van der Waals surface area (Å²) in [6, 6.07) is 9.60. The van der Waals surface area contributed by atoms with Crippen molar-refractivity contribution in [3.63, 3.8) is 0 Å². The van der Waals surface area contributed by atoms with Gasteiger partial charge in [-0.25, -0.2) is 4.98 Å². The molecule has 0 aliphatic heterocycles. The number of nitriles is 1. The van der Waals surface area contributed by atoms with E-state index < -0.39 is 8.07 Å². The Kier molecular flexibility index (Phi) is 6.45. The van der Waals surface area contributed by atoms with Crippen molar-refractivity contribution in [2.45, 2.75) is 45.8 Å². The van der Waals surface area contributed by atoms with E-state index in [9.17, 15) is 5.26 Å². The third-order valence-electron chi connectivity index (χ3n) is 5.54. The van der Waals surface area contributed by atoms with Crippen molar-refractivity contribution < 1.29 is 4.74 Å². The Morgan fingerprint density at radius 1 is 1.15 bits per heavy atom. The SMILES string of the molecule is Cc1cncc(-c2cc(Cc3ccn(C)n3)nc3c2c(C#N)cn3COCC[Si](C)(C)C)c1. The van der Waals surface area contributed by atoms with Gasteiger partial charge in [-0.15, -0.1) is 0 Å². The second-order valence-electron chi connectivity index (χ2n) is 9.74. The van der Waals surface area contributed by atoms with Gasteiger partial charge >= 0.3 is 0 Å². The lowest BCUT2D eigenvalue weighted by Gasteiger charge is -2.16. The van der Waals surface area contributed by atoms with E-state index >= 15 is 0 Å². The van der Waals surface area contributed by atoms with Crippen molar-refractivity contribution >= 4 is 19.1 Å². The Morgan fingerprint density at radius 2 is 1.97 bits per heavy atom. The molecular weight excluding hydrogens is 428 g/mol. The molecule has 0 N–H and O–H groups in total. The van der Waals surface area contributed by atoms with Gasteiger partial charge in [0.05, 0.1) is 11.3 Å². The van der Waals surface area contributed by atoms with Crippen LogP contribution in [0.25, 0.3) is 22.2 Å². The first-order valence-electron chi connectivity index (χ1n) is 11.1. The molecule has 33 heavy (non-hydrogen) atoms. The van der Waals surface area contributed by atoms with Crippen LogP contribution in [0.2, 0.25) is 25.7 Å². The van der Waals surface area contributed by atoms with Crippen molar-refractivity contribution in [2.24, 2.45) is 7.05 Å². The zero-order valence-electron chi connectivity index (χ0n) is 20.0. The van der Waals surface area contributed by atoms with E-state index in [-0.39, 0.29) is 0 Å². The highest BCUT2D eigenvalue weighted by Crippen LogP contribution is 2.33. The lowest BCUT2D eigenvalue weighted by Crippen LogP contribution is -2.22. The van der Waals surface area contributed by atoms with Gasteiger partial charge in [-0.3, -0.25) is 9.67 Å². The molecule has 0 saturated heterocycles. The van der Waals surface area contributed by atoms with Gasteiger partial charge in [0.15, 0.2) is 0 Å². The number of nitrogens with zero attached hydrogens (tertiary/aromatic N) is 6. The number of fused-ring (bicyclic) bond motifs is 1. The van der Waals surface area contributed by atoms with Gasteiger partial charge in [-0.2, -0.15) is 10.4 Å². The number of hydrogen-bond donors (Lipinski definition) is 0. The first-order chi connectivity index (χ1) is 15.7. The van der Waals surface area contributed by atoms with E-state index in [0.717, 1.165) is 45.2 Å². The summed E-state index contributed by atoms with van der Waals surface area (Å²) in [6.07, 6.45) is 8.06. The Morgan fingerprint density at radius 3 is 2.64 bits per heavy atom. The summed E-state index contributed by atoms with van der Waals surface area (Å²) in [7, 11) is 0.731. The molecule has 0 aliphatic carbocycles. The van der Waals surface area contributed by atoms with E-state index in [1.165, 1.54) is 0 Å². The fourth-order valence-electron chi connectivity index (χ4n) is 3.83. The highest BCUT2D eigenvalue weighted by molar-refractivity contribution is 6.76. The Hall–Kier alpha value is -3.28. The van der Waals surface area contributed by atoms with Crippen LogP contribution in [0.15, 0.2) is 43.0 Å². The standard InChI is InChI=1S/C25H30N6OSi/c1-18-10-19(15-27-14-18)23-12-22(11-21-6-7-30(2)29-21)28-25-24(23)20(13-26)16-31(25)17-32-8-9-33(3,4)5/h6-7,10,12,14-16H,8-9,11,17H2,1-5H3. The number of hydrogen-bond acceptors (Lipinski definition) is 5. The molecule has 0 bridgehead atoms. The number of pyridine rings is 2. The van der Waals surface area contributed by atoms with Gasteiger partial charge in [0.1, 0.15) is 18.4 Å². The van der Waals surface area contributed by atoms with Crippen LogP contribution in [0.1, 0.15) is 22.5 Å². The van der Waals surface area contributed by atoms with Crippen molar-refractivity contribution in [3.05, 3.63) is 65.5 Å². The Balaban J connectivity index is 1.80. The third kappa shape index (κ3) is 5.38. The molecule has 0 saturated carbocycles. The van der Waals surface area contributed by atoms with Gasteiger partial charge in [0.2, 0.25) is 0 Å². The number of aromatic nitrogens is 5. The van der Waals surface area contributed by atoms with E-state index in [4.69, 9.17) is 9.72 Å². The summed E-state index contributed by atoms with van der Waals surface area (Å²) in [5.41, 5.74) is 6.18. The van der Waals surface area contributed by atoms with E-state index in [2.05, 4.69) is 47.9 Å². The van der Waals surface area contributed by atoms with Crippen molar-refractivity contribution in [2.75, 3.05) is 6.61 Å². The topological polar surface area (TPSA) is 81.5 Å². The molecular formula is C25H30N6OSi. The third-order valence-corrected chi connectivity index (χ3v) is 7.25. The molecule has 0 aliphatic rings. The van der Waals surface area contributed by atoms with Crippen LogP contribution < -0.4 is 0 Å². The molecule has 0 amide bonds. The van der Waals surface area contributed by atoms with E-state index in [0.29, 0.717) is 25.3 Å². The summed E-state index contributed by atoms with van der Waals surface area (Å²) < 4.78 is 9.75. The van der Waals surface area contributed by atoms with Gasteiger partial charge in [-0.05, 0) is 42.3 Å². The number of rotatable bonds is 8. The molecule has 4 rings (SSSR count). The van der Waals surface area contributed by atoms with Crippen LogP contribution in [0.5, 0.6) is 0 Å². The molecule has 8 heteroatoms. The zero-order valence-corrected chi connectivity index (χ0v) is 21.0. The molecule has 4 heterocycles. The quantitative estimate of drug-likeness (QED) is 0.277. The minimum atomic E-state index is -1.18. The van der Waals surface area contributed by atoms with Gasteiger partial charge in [0.25, 0.3) is 0 Å². The van der Waals surface area contributed by atoms with Crippen molar-refractivity contribution in [3.8, 4) is 17.2 Å². The van der Waals surface area contributed by atoms with Crippen LogP contribution in [0.3, 0.4) is 0 Å². The normalized spacial score (nSPS) is 11.8. The van der Waals surface area contributed by atoms with Crippen LogP contribution in [0.4, 0.5) is 0 Å². The second-order valence-corrected chi connectivity index (χ2v) is 15.4. The molecule has 7 nitrogen and oxygen atoms in total. The number of ether oxygens (including phenoxy) is 1. The maximum atomic E-state index is 9.91. The fraction of sp³-hybridized carbons (Fsp3) is 0.360. The molecule has 0 radical (unpaired) electrons. The predicted molar refractivity (Wildman–Crippen MR) is 133 cm³/mol. The summed E-state index contributed by atoms with van der Waals surface area (Å²) >= 11 is 0. The summed E-state index contributed by atoms with van der Waals surface area (Å²) in [5.74, 6) is 0. The Labute approximate surface area is 195 Å².